The van der Waals surface area contributed by atoms with E-state index in [1.807, 2.05) is 12.1 Å². The van der Waals surface area contributed by atoms with Crippen LogP contribution in [0.15, 0.2) is 46.6 Å². The number of amides is 1. The normalized spacial score (nSPS) is 20.9. The van der Waals surface area contributed by atoms with E-state index in [-0.39, 0.29) is 11.9 Å². The fourth-order valence-corrected chi connectivity index (χ4v) is 4.38. The molecule has 2 aliphatic rings. The van der Waals surface area contributed by atoms with Gasteiger partial charge in [-0.2, -0.15) is 0 Å². The van der Waals surface area contributed by atoms with Crippen LogP contribution in [0.3, 0.4) is 0 Å². The fraction of sp³-hybridized carbons (Fsp3) is 0.458. The summed E-state index contributed by atoms with van der Waals surface area (Å²) in [6.45, 7) is 9.90. The predicted octanol–water partition coefficient (Wildman–Crippen LogP) is 3.29. The number of carbonyl (C=O) groups excluding carboxylic acids is 1. The molecule has 1 aromatic heterocycles. The molecule has 3 heterocycles. The second-order valence-electron chi connectivity index (χ2n) is 8.19. The number of hydrogen-bond acceptors (Lipinski definition) is 5. The number of hydrogen-bond donors (Lipinski definition) is 1. The highest BCUT2D eigenvalue weighted by Crippen LogP contribution is 2.26. The maximum absolute atomic E-state index is 12.2. The SMILES string of the molecule is CC[C@@H]1C(=O)NCCN1Cc1ccc2c(c1)CN(C/C(C)=C/c1ccco1)CCO2. The van der Waals surface area contributed by atoms with Crippen LogP contribution >= 0.6 is 0 Å². The molecule has 0 spiro atoms. The molecule has 30 heavy (non-hydrogen) atoms. The zero-order valence-corrected chi connectivity index (χ0v) is 17.9. The molecule has 1 amide bonds. The average molecular weight is 410 g/mol. The van der Waals surface area contributed by atoms with Gasteiger partial charge < -0.3 is 14.5 Å². The van der Waals surface area contributed by atoms with Gasteiger partial charge >= 0.3 is 0 Å². The van der Waals surface area contributed by atoms with Crippen molar-refractivity contribution in [3.8, 4) is 5.75 Å². The smallest absolute Gasteiger partial charge is 0.237 e. The van der Waals surface area contributed by atoms with E-state index < -0.39 is 0 Å². The highest BCUT2D eigenvalue weighted by Gasteiger charge is 2.28. The Hall–Kier alpha value is -2.57. The van der Waals surface area contributed by atoms with E-state index in [2.05, 4.69) is 53.2 Å². The molecular formula is C24H31N3O3. The molecular weight excluding hydrogens is 378 g/mol. The summed E-state index contributed by atoms with van der Waals surface area (Å²) in [5.41, 5.74) is 3.70. The number of piperazine rings is 1. The average Bonchev–Trinajstić information content (AvgIpc) is 3.14. The minimum atomic E-state index is -0.0419. The minimum Gasteiger partial charge on any atom is -0.492 e. The Bertz CT molecular complexity index is 891. The quantitative estimate of drug-likeness (QED) is 0.793. The number of furan rings is 1. The number of nitrogens with one attached hydrogen (secondary N) is 1. The summed E-state index contributed by atoms with van der Waals surface area (Å²) in [5, 5.41) is 2.98. The molecule has 1 fully saturated rings. The Labute approximate surface area is 178 Å². The fourth-order valence-electron chi connectivity index (χ4n) is 4.38. The monoisotopic (exact) mass is 409 g/mol. The van der Waals surface area contributed by atoms with E-state index in [4.69, 9.17) is 9.15 Å². The van der Waals surface area contributed by atoms with E-state index >= 15 is 0 Å². The topological polar surface area (TPSA) is 58.0 Å². The molecule has 0 unspecified atom stereocenters. The van der Waals surface area contributed by atoms with Crippen LogP contribution < -0.4 is 10.1 Å². The van der Waals surface area contributed by atoms with Gasteiger partial charge in [0.25, 0.3) is 0 Å². The first-order chi connectivity index (χ1) is 14.6. The van der Waals surface area contributed by atoms with Gasteiger partial charge in [-0.1, -0.05) is 18.6 Å². The zero-order chi connectivity index (χ0) is 20.9. The molecule has 160 valence electrons. The van der Waals surface area contributed by atoms with Crippen LogP contribution in [0, 0.1) is 0 Å². The second-order valence-corrected chi connectivity index (χ2v) is 8.19. The first-order valence-corrected chi connectivity index (χ1v) is 10.8. The molecule has 2 aliphatic heterocycles. The Morgan fingerprint density at radius 2 is 2.20 bits per heavy atom. The molecule has 6 nitrogen and oxygen atoms in total. The van der Waals surface area contributed by atoms with Crippen molar-refractivity contribution in [2.45, 2.75) is 39.4 Å². The van der Waals surface area contributed by atoms with Gasteiger partial charge in [0.15, 0.2) is 0 Å². The lowest BCUT2D eigenvalue weighted by atomic mass is 10.1. The Morgan fingerprint density at radius 3 is 3.00 bits per heavy atom. The van der Waals surface area contributed by atoms with Crippen molar-refractivity contribution in [2.24, 2.45) is 0 Å². The number of nitrogens with zero attached hydrogens (tertiary/aromatic N) is 2. The third kappa shape index (κ3) is 4.94. The van der Waals surface area contributed by atoms with Gasteiger partial charge in [0.05, 0.1) is 12.3 Å². The van der Waals surface area contributed by atoms with Crippen LogP contribution in [0.2, 0.25) is 0 Å². The second kappa shape index (κ2) is 9.49. The van der Waals surface area contributed by atoms with E-state index in [9.17, 15) is 4.79 Å². The van der Waals surface area contributed by atoms with Crippen LogP contribution in [0.1, 0.15) is 37.2 Å². The molecule has 1 N–H and O–H groups in total. The molecule has 4 rings (SSSR count). The van der Waals surface area contributed by atoms with Crippen molar-refractivity contribution in [3.05, 3.63) is 59.1 Å². The number of carbonyl (C=O) groups is 1. The van der Waals surface area contributed by atoms with E-state index in [0.717, 1.165) is 57.2 Å². The molecule has 0 aliphatic carbocycles. The highest BCUT2D eigenvalue weighted by molar-refractivity contribution is 5.82. The van der Waals surface area contributed by atoms with E-state index in [1.165, 1.54) is 16.7 Å². The van der Waals surface area contributed by atoms with Crippen molar-refractivity contribution in [3.63, 3.8) is 0 Å². The van der Waals surface area contributed by atoms with Gasteiger partial charge in [-0.25, -0.2) is 0 Å². The van der Waals surface area contributed by atoms with Crippen LogP contribution in [0.4, 0.5) is 0 Å². The first kappa shape index (κ1) is 20.7. The first-order valence-electron chi connectivity index (χ1n) is 10.8. The summed E-state index contributed by atoms with van der Waals surface area (Å²) in [5.74, 6) is 2.00. The molecule has 1 aromatic carbocycles. The van der Waals surface area contributed by atoms with Crippen molar-refractivity contribution in [1.29, 1.82) is 0 Å². The van der Waals surface area contributed by atoms with Crippen molar-refractivity contribution >= 4 is 12.0 Å². The van der Waals surface area contributed by atoms with Crippen LogP contribution in [-0.2, 0) is 17.9 Å². The third-order valence-corrected chi connectivity index (χ3v) is 5.80. The minimum absolute atomic E-state index is 0.0419. The lowest BCUT2D eigenvalue weighted by Gasteiger charge is -2.34. The summed E-state index contributed by atoms with van der Waals surface area (Å²) >= 11 is 0. The molecule has 0 radical (unpaired) electrons. The van der Waals surface area contributed by atoms with Crippen LogP contribution in [0.25, 0.3) is 6.08 Å². The summed E-state index contributed by atoms with van der Waals surface area (Å²) in [6.07, 6.45) is 4.62. The number of rotatable bonds is 6. The van der Waals surface area contributed by atoms with Crippen molar-refractivity contribution in [2.75, 3.05) is 32.8 Å². The van der Waals surface area contributed by atoms with Crippen LogP contribution in [0.5, 0.6) is 5.75 Å². The van der Waals surface area contributed by atoms with Crippen molar-refractivity contribution in [1.82, 2.24) is 15.1 Å². The summed E-state index contributed by atoms with van der Waals surface area (Å²) in [7, 11) is 0. The lowest BCUT2D eigenvalue weighted by Crippen LogP contribution is -2.54. The summed E-state index contributed by atoms with van der Waals surface area (Å²) in [6, 6.07) is 10.3. The predicted molar refractivity (Wildman–Crippen MR) is 117 cm³/mol. The van der Waals surface area contributed by atoms with Gasteiger partial charge in [0.1, 0.15) is 18.1 Å². The molecule has 6 heteroatoms. The van der Waals surface area contributed by atoms with Crippen LogP contribution in [-0.4, -0.2) is 54.5 Å². The molecule has 0 saturated carbocycles. The number of ether oxygens (including phenoxy) is 1. The number of benzene rings is 1. The standard InChI is InChI=1S/C24H31N3O3/c1-3-22-24(28)25-8-9-27(22)16-19-6-7-23-20(14-19)17-26(10-12-30-23)15-18(2)13-21-5-4-11-29-21/h4-7,11,13-14,22H,3,8-10,12,15-17H2,1-2H3,(H,25,28)/b18-13+/t22-/m1/s1. The maximum atomic E-state index is 12.2. The van der Waals surface area contributed by atoms with Gasteiger partial charge in [0.2, 0.25) is 5.91 Å². The van der Waals surface area contributed by atoms with Gasteiger partial charge in [-0.3, -0.25) is 14.6 Å². The molecule has 1 saturated heterocycles. The van der Waals surface area contributed by atoms with Crippen molar-refractivity contribution < 1.29 is 13.9 Å². The number of fused-ring (bicyclic) bond motifs is 1. The van der Waals surface area contributed by atoms with E-state index in [1.54, 1.807) is 6.26 Å². The van der Waals surface area contributed by atoms with Gasteiger partial charge in [-0.05, 0) is 49.2 Å². The summed E-state index contributed by atoms with van der Waals surface area (Å²) < 4.78 is 11.4. The maximum Gasteiger partial charge on any atom is 0.237 e. The third-order valence-electron chi connectivity index (χ3n) is 5.80. The summed E-state index contributed by atoms with van der Waals surface area (Å²) in [4.78, 5) is 16.9. The van der Waals surface area contributed by atoms with E-state index in [0.29, 0.717) is 6.61 Å². The lowest BCUT2D eigenvalue weighted by molar-refractivity contribution is -0.129. The Kier molecular flexibility index (Phi) is 6.55. The molecule has 1 atom stereocenters. The van der Waals surface area contributed by atoms with Gasteiger partial charge in [0, 0.05) is 44.8 Å². The zero-order valence-electron chi connectivity index (χ0n) is 17.9. The molecule has 0 bridgehead atoms. The van der Waals surface area contributed by atoms with Gasteiger partial charge in [-0.15, -0.1) is 0 Å². The largest absolute Gasteiger partial charge is 0.492 e. The Balaban J connectivity index is 1.45. The highest BCUT2D eigenvalue weighted by atomic mass is 16.5. The Morgan fingerprint density at radius 1 is 1.30 bits per heavy atom. The molecule has 2 aromatic rings.